The first-order valence-electron chi connectivity index (χ1n) is 9.71. The molecule has 1 atom stereocenters. The van der Waals surface area contributed by atoms with Crippen molar-refractivity contribution in [3.8, 4) is 0 Å². The molecule has 0 aromatic heterocycles. The van der Waals surface area contributed by atoms with Crippen LogP contribution in [-0.2, 0) is 14.6 Å². The number of hydrogen-bond acceptors (Lipinski definition) is 4. The van der Waals surface area contributed by atoms with Crippen molar-refractivity contribution in [1.82, 2.24) is 5.32 Å². The molecule has 3 aromatic rings. The zero-order valence-electron chi connectivity index (χ0n) is 17.3. The molecule has 156 valence electrons. The summed E-state index contributed by atoms with van der Waals surface area (Å²) in [6, 6.07) is 21.2. The summed E-state index contributed by atoms with van der Waals surface area (Å²) in [6.45, 7) is 5.85. The second-order valence-corrected chi connectivity index (χ2v) is 9.46. The molecular formula is C24H26N2O3S. The summed E-state index contributed by atoms with van der Waals surface area (Å²) in [5.74, 6) is -0.873. The molecule has 1 unspecified atom stereocenters. The van der Waals surface area contributed by atoms with Gasteiger partial charge in [0.15, 0.2) is 9.84 Å². The quantitative estimate of drug-likeness (QED) is 0.595. The average Bonchev–Trinajstić information content (AvgIpc) is 2.73. The fourth-order valence-corrected chi connectivity index (χ4v) is 4.02. The Balaban J connectivity index is 1.79. The number of rotatable bonds is 7. The number of nitrogens with one attached hydrogen (secondary N) is 2. The van der Waals surface area contributed by atoms with Crippen LogP contribution in [0.2, 0.25) is 0 Å². The number of benzene rings is 3. The van der Waals surface area contributed by atoms with Gasteiger partial charge in [-0.05, 0) is 50.6 Å². The molecule has 3 aromatic carbocycles. The zero-order valence-corrected chi connectivity index (χ0v) is 18.2. The molecule has 0 spiro atoms. The summed E-state index contributed by atoms with van der Waals surface area (Å²) in [5, 5.41) is 5.81. The average molecular weight is 423 g/mol. The Hall–Kier alpha value is -3.12. The third-order valence-corrected chi connectivity index (χ3v) is 6.37. The van der Waals surface area contributed by atoms with Gasteiger partial charge in [0, 0.05) is 5.69 Å². The van der Waals surface area contributed by atoms with Crippen molar-refractivity contribution >= 4 is 21.4 Å². The molecule has 0 saturated heterocycles. The fourth-order valence-electron chi connectivity index (χ4n) is 2.97. The lowest BCUT2D eigenvalue weighted by molar-refractivity contribution is -0.121. The van der Waals surface area contributed by atoms with Crippen molar-refractivity contribution in [1.29, 1.82) is 0 Å². The normalized spacial score (nSPS) is 12.2. The monoisotopic (exact) mass is 422 g/mol. The Bertz CT molecular complexity index is 1100. The summed E-state index contributed by atoms with van der Waals surface area (Å²) in [5.41, 5.74) is 4.70. The maximum absolute atomic E-state index is 13.0. The molecule has 0 aliphatic carbocycles. The van der Waals surface area contributed by atoms with Crippen LogP contribution in [-0.4, -0.2) is 20.2 Å². The van der Waals surface area contributed by atoms with Gasteiger partial charge >= 0.3 is 0 Å². The van der Waals surface area contributed by atoms with E-state index < -0.39 is 27.7 Å². The van der Waals surface area contributed by atoms with Gasteiger partial charge in [-0.15, -0.1) is 0 Å². The Morgan fingerprint density at radius 2 is 1.23 bits per heavy atom. The first-order chi connectivity index (χ1) is 14.2. The number of carbonyl (C=O) groups excluding carboxylic acids is 1. The van der Waals surface area contributed by atoms with Gasteiger partial charge in [0.25, 0.3) is 0 Å². The van der Waals surface area contributed by atoms with Crippen molar-refractivity contribution in [2.45, 2.75) is 31.7 Å². The van der Waals surface area contributed by atoms with Gasteiger partial charge in [0.2, 0.25) is 5.91 Å². The highest BCUT2D eigenvalue weighted by molar-refractivity contribution is 7.91. The summed E-state index contributed by atoms with van der Waals surface area (Å²) in [7, 11) is -3.63. The smallest absolute Gasteiger partial charge is 0.247 e. The molecule has 0 heterocycles. The summed E-state index contributed by atoms with van der Waals surface area (Å²) in [4.78, 5) is 13.2. The lowest BCUT2D eigenvalue weighted by Crippen LogP contribution is -2.36. The Morgan fingerprint density at radius 1 is 0.767 bits per heavy atom. The van der Waals surface area contributed by atoms with Crippen LogP contribution in [0.25, 0.3) is 0 Å². The first kappa shape index (κ1) is 21.6. The molecule has 5 nitrogen and oxygen atoms in total. The number of hydrogen-bond donors (Lipinski definition) is 2. The van der Waals surface area contributed by atoms with Crippen molar-refractivity contribution in [2.75, 3.05) is 11.2 Å². The number of sulfone groups is 1. The lowest BCUT2D eigenvalue weighted by Gasteiger charge is -2.20. The predicted octanol–water partition coefficient (Wildman–Crippen LogP) is 4.31. The molecule has 3 rings (SSSR count). The second-order valence-electron chi connectivity index (χ2n) is 7.47. The summed E-state index contributed by atoms with van der Waals surface area (Å²) < 4.78 is 25.2. The van der Waals surface area contributed by atoms with E-state index in [-0.39, 0.29) is 4.90 Å². The molecule has 0 radical (unpaired) electrons. The Labute approximate surface area is 178 Å². The topological polar surface area (TPSA) is 75.3 Å². The van der Waals surface area contributed by atoms with E-state index in [0.717, 1.165) is 27.9 Å². The molecule has 0 aliphatic heterocycles. The number of amides is 1. The van der Waals surface area contributed by atoms with Crippen LogP contribution in [0, 0.1) is 20.8 Å². The van der Waals surface area contributed by atoms with E-state index in [4.69, 9.17) is 0 Å². The van der Waals surface area contributed by atoms with Crippen LogP contribution in [0.4, 0.5) is 5.69 Å². The maximum atomic E-state index is 13.0. The lowest BCUT2D eigenvalue weighted by atomic mass is 10.0. The van der Waals surface area contributed by atoms with Gasteiger partial charge in [0.05, 0.1) is 4.90 Å². The molecule has 2 N–H and O–H groups in total. The molecule has 0 fully saturated rings. The van der Waals surface area contributed by atoms with Gasteiger partial charge in [0.1, 0.15) is 11.9 Å². The van der Waals surface area contributed by atoms with E-state index in [1.807, 2.05) is 69.3 Å². The van der Waals surface area contributed by atoms with Crippen LogP contribution >= 0.6 is 0 Å². The number of carbonyl (C=O) groups is 1. The van der Waals surface area contributed by atoms with E-state index in [9.17, 15) is 13.2 Å². The largest absolute Gasteiger partial charge is 0.370 e. The van der Waals surface area contributed by atoms with Crippen LogP contribution in [0.3, 0.4) is 0 Å². The first-order valence-corrected chi connectivity index (χ1v) is 11.4. The molecule has 0 aliphatic rings. The fraction of sp³-hybridized carbons (Fsp3) is 0.208. The second kappa shape index (κ2) is 9.13. The zero-order chi connectivity index (χ0) is 21.7. The van der Waals surface area contributed by atoms with Crippen LogP contribution in [0.15, 0.2) is 77.7 Å². The van der Waals surface area contributed by atoms with E-state index >= 15 is 0 Å². The molecular weight excluding hydrogens is 396 g/mol. The third kappa shape index (κ3) is 5.48. The van der Waals surface area contributed by atoms with Crippen molar-refractivity contribution in [2.24, 2.45) is 0 Å². The van der Waals surface area contributed by atoms with Gasteiger partial charge < -0.3 is 10.6 Å². The van der Waals surface area contributed by atoms with Gasteiger partial charge in [-0.3, -0.25) is 4.79 Å². The number of anilines is 1. The Kier molecular flexibility index (Phi) is 6.57. The standard InChI is InChI=1S/C24H26N2O3S/c1-17-4-10-20(11-5-17)23(26-21-12-6-18(2)7-13-21)24(27)25-16-30(28,29)22-14-8-19(3)9-15-22/h4-15,23,26H,16H2,1-3H3,(H,25,27). The molecule has 1 amide bonds. The molecule has 30 heavy (non-hydrogen) atoms. The summed E-state index contributed by atoms with van der Waals surface area (Å²) in [6.07, 6.45) is 0. The van der Waals surface area contributed by atoms with Crippen LogP contribution in [0.1, 0.15) is 28.3 Å². The highest BCUT2D eigenvalue weighted by atomic mass is 32.2. The minimum Gasteiger partial charge on any atom is -0.370 e. The van der Waals surface area contributed by atoms with E-state index in [2.05, 4.69) is 10.6 Å². The SMILES string of the molecule is Cc1ccc(NC(C(=O)NCS(=O)(=O)c2ccc(C)cc2)c2ccc(C)cc2)cc1. The number of aryl methyl sites for hydroxylation is 3. The Morgan fingerprint density at radius 3 is 1.77 bits per heavy atom. The maximum Gasteiger partial charge on any atom is 0.247 e. The minimum absolute atomic E-state index is 0.187. The van der Waals surface area contributed by atoms with Crippen LogP contribution in [0.5, 0.6) is 0 Å². The predicted molar refractivity (Wildman–Crippen MR) is 120 cm³/mol. The van der Waals surface area contributed by atoms with Crippen molar-refractivity contribution in [3.05, 3.63) is 95.1 Å². The van der Waals surface area contributed by atoms with E-state index in [1.54, 1.807) is 24.3 Å². The van der Waals surface area contributed by atoms with Gasteiger partial charge in [-0.2, -0.15) is 0 Å². The third-order valence-electron chi connectivity index (χ3n) is 4.85. The van der Waals surface area contributed by atoms with Gasteiger partial charge in [-0.25, -0.2) is 8.42 Å². The van der Waals surface area contributed by atoms with E-state index in [1.165, 1.54) is 0 Å². The molecule has 6 heteroatoms. The van der Waals surface area contributed by atoms with Crippen LogP contribution < -0.4 is 10.6 Å². The highest BCUT2D eigenvalue weighted by Crippen LogP contribution is 2.21. The summed E-state index contributed by atoms with van der Waals surface area (Å²) >= 11 is 0. The molecule has 0 saturated carbocycles. The van der Waals surface area contributed by atoms with E-state index in [0.29, 0.717) is 0 Å². The molecule has 0 bridgehead atoms. The van der Waals surface area contributed by atoms with Gasteiger partial charge in [-0.1, -0.05) is 65.2 Å². The van der Waals surface area contributed by atoms with Crippen molar-refractivity contribution in [3.63, 3.8) is 0 Å². The minimum atomic E-state index is -3.63. The van der Waals surface area contributed by atoms with Crippen molar-refractivity contribution < 1.29 is 13.2 Å². The highest BCUT2D eigenvalue weighted by Gasteiger charge is 2.23.